The first-order chi connectivity index (χ1) is 16.2. The van der Waals surface area contributed by atoms with E-state index in [0.29, 0.717) is 11.5 Å². The summed E-state index contributed by atoms with van der Waals surface area (Å²) in [6.45, 7) is 4.46. The number of hydrogen-bond acceptors (Lipinski definition) is 2. The maximum absolute atomic E-state index is 9.29. The van der Waals surface area contributed by atoms with Crippen molar-refractivity contribution in [2.75, 3.05) is 0 Å². The average Bonchev–Trinajstić information content (AvgIpc) is 2.86. The predicted octanol–water partition coefficient (Wildman–Crippen LogP) is 7.38. The standard InChI is InChI=1S/C31H28N2/c1-23(2)30(33-31(26-14-5-3-6-15-26)27-16-7-4-8-17-27)29-19-10-9-18-28(29)21-24-12-11-13-25(20-24)22-32/h3-20,23,30H,21H2,1-2H3. The second-order valence-electron chi connectivity index (χ2n) is 8.59. The van der Waals surface area contributed by atoms with Crippen molar-refractivity contribution < 1.29 is 0 Å². The van der Waals surface area contributed by atoms with Gasteiger partial charge in [0.2, 0.25) is 0 Å². The molecule has 1 unspecified atom stereocenters. The average molecular weight is 429 g/mol. The van der Waals surface area contributed by atoms with Gasteiger partial charge in [0.1, 0.15) is 0 Å². The molecule has 0 fully saturated rings. The lowest BCUT2D eigenvalue weighted by Gasteiger charge is -2.23. The van der Waals surface area contributed by atoms with Crippen LogP contribution in [0.1, 0.15) is 53.3 Å². The molecule has 0 aliphatic heterocycles. The fourth-order valence-electron chi connectivity index (χ4n) is 4.18. The number of nitrogens with zero attached hydrogens (tertiary/aromatic N) is 2. The second kappa shape index (κ2) is 10.6. The Bertz CT molecular complexity index is 1220. The first-order valence-corrected chi connectivity index (χ1v) is 11.4. The quantitative estimate of drug-likeness (QED) is 0.283. The van der Waals surface area contributed by atoms with Gasteiger partial charge in [-0.1, -0.05) is 111 Å². The summed E-state index contributed by atoms with van der Waals surface area (Å²) in [5, 5.41) is 9.29. The van der Waals surface area contributed by atoms with Crippen molar-refractivity contribution in [2.45, 2.75) is 26.3 Å². The first kappa shape index (κ1) is 22.2. The van der Waals surface area contributed by atoms with Crippen molar-refractivity contribution >= 4 is 5.71 Å². The lowest BCUT2D eigenvalue weighted by molar-refractivity contribution is 0.514. The molecule has 0 bridgehead atoms. The highest BCUT2D eigenvalue weighted by molar-refractivity contribution is 6.13. The van der Waals surface area contributed by atoms with Crippen LogP contribution >= 0.6 is 0 Å². The third-order valence-corrected chi connectivity index (χ3v) is 5.82. The van der Waals surface area contributed by atoms with Crippen LogP contribution in [0.2, 0.25) is 0 Å². The second-order valence-corrected chi connectivity index (χ2v) is 8.59. The van der Waals surface area contributed by atoms with Crippen molar-refractivity contribution in [3.05, 3.63) is 143 Å². The number of nitriles is 1. The normalized spacial score (nSPS) is 11.6. The van der Waals surface area contributed by atoms with Crippen molar-refractivity contribution in [2.24, 2.45) is 10.9 Å². The third kappa shape index (κ3) is 5.45. The van der Waals surface area contributed by atoms with Gasteiger partial charge >= 0.3 is 0 Å². The van der Waals surface area contributed by atoms with E-state index in [9.17, 15) is 5.26 Å². The van der Waals surface area contributed by atoms with E-state index in [1.165, 1.54) is 11.1 Å². The molecule has 0 radical (unpaired) electrons. The van der Waals surface area contributed by atoms with Crippen LogP contribution < -0.4 is 0 Å². The van der Waals surface area contributed by atoms with Crippen LogP contribution in [0, 0.1) is 17.2 Å². The van der Waals surface area contributed by atoms with Gasteiger partial charge in [-0.3, -0.25) is 4.99 Å². The molecule has 0 saturated heterocycles. The van der Waals surface area contributed by atoms with E-state index in [0.717, 1.165) is 28.8 Å². The van der Waals surface area contributed by atoms with E-state index >= 15 is 0 Å². The molecule has 2 nitrogen and oxygen atoms in total. The van der Waals surface area contributed by atoms with Gasteiger partial charge in [-0.25, -0.2) is 0 Å². The Morgan fingerprint density at radius 3 is 1.97 bits per heavy atom. The summed E-state index contributed by atoms with van der Waals surface area (Å²) in [7, 11) is 0. The van der Waals surface area contributed by atoms with Crippen molar-refractivity contribution in [1.82, 2.24) is 0 Å². The zero-order chi connectivity index (χ0) is 23.0. The Balaban J connectivity index is 1.80. The van der Waals surface area contributed by atoms with Crippen LogP contribution in [-0.2, 0) is 6.42 Å². The molecule has 162 valence electrons. The van der Waals surface area contributed by atoms with Crippen molar-refractivity contribution in [1.29, 1.82) is 5.26 Å². The number of rotatable bonds is 7. The molecule has 0 amide bonds. The fraction of sp³-hybridized carbons (Fsp3) is 0.161. The maximum Gasteiger partial charge on any atom is 0.0991 e. The van der Waals surface area contributed by atoms with Crippen molar-refractivity contribution in [3.63, 3.8) is 0 Å². The topological polar surface area (TPSA) is 36.1 Å². The molecule has 4 aromatic carbocycles. The number of hydrogen-bond donors (Lipinski definition) is 0. The zero-order valence-corrected chi connectivity index (χ0v) is 19.1. The monoisotopic (exact) mass is 428 g/mol. The molecule has 0 heterocycles. The van der Waals surface area contributed by atoms with Crippen LogP contribution in [0.15, 0.2) is 114 Å². The highest BCUT2D eigenvalue weighted by Crippen LogP contribution is 2.31. The molecule has 4 aromatic rings. The summed E-state index contributed by atoms with van der Waals surface area (Å²) in [6, 6.07) is 39.5. The maximum atomic E-state index is 9.29. The van der Waals surface area contributed by atoms with Crippen LogP contribution in [0.25, 0.3) is 0 Å². The minimum absolute atomic E-state index is 0.00996. The Hall–Kier alpha value is -3.96. The molecule has 0 aromatic heterocycles. The highest BCUT2D eigenvalue weighted by atomic mass is 14.8. The Kier molecular flexibility index (Phi) is 7.12. The molecule has 0 aliphatic carbocycles. The predicted molar refractivity (Wildman–Crippen MR) is 137 cm³/mol. The van der Waals surface area contributed by atoms with E-state index < -0.39 is 0 Å². The van der Waals surface area contributed by atoms with Gasteiger partial charge < -0.3 is 0 Å². The summed E-state index contributed by atoms with van der Waals surface area (Å²) in [6.07, 6.45) is 0.774. The van der Waals surface area contributed by atoms with Crippen LogP contribution in [-0.4, -0.2) is 5.71 Å². The minimum atomic E-state index is 0.00996. The Labute approximate surface area is 196 Å². The SMILES string of the molecule is CC(C)C(N=C(c1ccccc1)c1ccccc1)c1ccccc1Cc1cccc(C#N)c1. The molecule has 2 heteroatoms. The molecule has 33 heavy (non-hydrogen) atoms. The zero-order valence-electron chi connectivity index (χ0n) is 19.1. The van der Waals surface area contributed by atoms with Gasteiger partial charge in [-0.15, -0.1) is 0 Å². The van der Waals surface area contributed by atoms with E-state index in [-0.39, 0.29) is 6.04 Å². The largest absolute Gasteiger partial charge is 0.276 e. The lowest BCUT2D eigenvalue weighted by atomic mass is 9.89. The first-order valence-electron chi connectivity index (χ1n) is 11.4. The van der Waals surface area contributed by atoms with Crippen LogP contribution in [0.3, 0.4) is 0 Å². The third-order valence-electron chi connectivity index (χ3n) is 5.82. The molecule has 4 rings (SSSR count). The fourth-order valence-corrected chi connectivity index (χ4v) is 4.18. The molecule has 0 N–H and O–H groups in total. The van der Waals surface area contributed by atoms with E-state index in [2.05, 4.69) is 98.8 Å². The summed E-state index contributed by atoms with van der Waals surface area (Å²) in [4.78, 5) is 5.39. The Morgan fingerprint density at radius 1 is 0.758 bits per heavy atom. The summed E-state index contributed by atoms with van der Waals surface area (Å²) < 4.78 is 0. The van der Waals surface area contributed by atoms with E-state index in [1.807, 2.05) is 30.3 Å². The number of aliphatic imine (C=N–C) groups is 1. The van der Waals surface area contributed by atoms with E-state index in [1.54, 1.807) is 0 Å². The molecule has 0 saturated carbocycles. The summed E-state index contributed by atoms with van der Waals surface area (Å²) >= 11 is 0. The van der Waals surface area contributed by atoms with Gasteiger partial charge in [0, 0.05) is 11.1 Å². The molecule has 0 aliphatic rings. The lowest BCUT2D eigenvalue weighted by Crippen LogP contribution is -2.13. The molecule has 1 atom stereocenters. The van der Waals surface area contributed by atoms with Gasteiger partial charge in [0.25, 0.3) is 0 Å². The van der Waals surface area contributed by atoms with Gasteiger partial charge in [-0.2, -0.15) is 5.26 Å². The van der Waals surface area contributed by atoms with E-state index in [4.69, 9.17) is 4.99 Å². The van der Waals surface area contributed by atoms with Crippen LogP contribution in [0.5, 0.6) is 0 Å². The van der Waals surface area contributed by atoms with Gasteiger partial charge in [0.05, 0.1) is 23.4 Å². The van der Waals surface area contributed by atoms with Crippen LogP contribution in [0.4, 0.5) is 0 Å². The molecule has 0 spiro atoms. The minimum Gasteiger partial charge on any atom is -0.276 e. The Morgan fingerprint density at radius 2 is 1.36 bits per heavy atom. The number of benzene rings is 4. The van der Waals surface area contributed by atoms with Crippen molar-refractivity contribution in [3.8, 4) is 6.07 Å². The smallest absolute Gasteiger partial charge is 0.0991 e. The summed E-state index contributed by atoms with van der Waals surface area (Å²) in [5.74, 6) is 0.319. The van der Waals surface area contributed by atoms with Gasteiger partial charge in [0.15, 0.2) is 0 Å². The highest BCUT2D eigenvalue weighted by Gasteiger charge is 2.20. The van der Waals surface area contributed by atoms with Gasteiger partial charge in [-0.05, 0) is 41.2 Å². The summed E-state index contributed by atoms with van der Waals surface area (Å²) in [5.41, 5.74) is 7.56. The molecular formula is C31H28N2. The molecular weight excluding hydrogens is 400 g/mol.